The molecule has 0 amide bonds. The SMILES string of the molecule is CC1(C)CCC1N=C=O. The van der Waals surface area contributed by atoms with E-state index in [9.17, 15) is 4.79 Å². The van der Waals surface area contributed by atoms with Crippen molar-refractivity contribution in [2.75, 3.05) is 0 Å². The zero-order valence-electron chi connectivity index (χ0n) is 5.85. The Bertz CT molecular complexity index is 156. The Balaban J connectivity index is 2.55. The number of hydrogen-bond donors (Lipinski definition) is 0. The van der Waals surface area contributed by atoms with Gasteiger partial charge in [-0.3, -0.25) is 0 Å². The maximum Gasteiger partial charge on any atom is 0.235 e. The summed E-state index contributed by atoms with van der Waals surface area (Å²) in [5, 5.41) is 0. The number of nitrogens with zero attached hydrogens (tertiary/aromatic N) is 1. The normalized spacial score (nSPS) is 30.2. The van der Waals surface area contributed by atoms with E-state index in [1.54, 1.807) is 6.08 Å². The van der Waals surface area contributed by atoms with Crippen molar-refractivity contribution in [2.24, 2.45) is 10.4 Å². The van der Waals surface area contributed by atoms with E-state index < -0.39 is 0 Å². The van der Waals surface area contributed by atoms with Gasteiger partial charge >= 0.3 is 0 Å². The molecule has 1 rings (SSSR count). The van der Waals surface area contributed by atoms with E-state index in [1.165, 1.54) is 6.42 Å². The van der Waals surface area contributed by atoms with Crippen LogP contribution in [0, 0.1) is 5.41 Å². The minimum Gasteiger partial charge on any atom is -0.211 e. The van der Waals surface area contributed by atoms with E-state index in [0.29, 0.717) is 0 Å². The summed E-state index contributed by atoms with van der Waals surface area (Å²) >= 11 is 0. The Morgan fingerprint density at radius 3 is 2.44 bits per heavy atom. The van der Waals surface area contributed by atoms with Gasteiger partial charge in [0.2, 0.25) is 6.08 Å². The van der Waals surface area contributed by atoms with Crippen LogP contribution in [0.15, 0.2) is 4.99 Å². The molecule has 1 aliphatic carbocycles. The van der Waals surface area contributed by atoms with Crippen molar-refractivity contribution in [1.29, 1.82) is 0 Å². The van der Waals surface area contributed by atoms with Gasteiger partial charge in [0, 0.05) is 0 Å². The Hall–Kier alpha value is -0.620. The first-order valence-electron chi connectivity index (χ1n) is 3.24. The predicted molar refractivity (Wildman–Crippen MR) is 34.9 cm³/mol. The molecule has 50 valence electrons. The van der Waals surface area contributed by atoms with Crippen molar-refractivity contribution in [3.63, 3.8) is 0 Å². The largest absolute Gasteiger partial charge is 0.235 e. The van der Waals surface area contributed by atoms with Gasteiger partial charge in [-0.15, -0.1) is 0 Å². The van der Waals surface area contributed by atoms with Crippen LogP contribution in [0.4, 0.5) is 0 Å². The summed E-state index contributed by atoms with van der Waals surface area (Å²) in [4.78, 5) is 13.5. The average molecular weight is 125 g/mol. The lowest BCUT2D eigenvalue weighted by Crippen LogP contribution is -2.38. The molecule has 2 heteroatoms. The Morgan fingerprint density at radius 1 is 1.67 bits per heavy atom. The summed E-state index contributed by atoms with van der Waals surface area (Å²) in [6, 6.07) is 0.245. The highest BCUT2D eigenvalue weighted by atomic mass is 16.1. The number of isocyanates is 1. The molecule has 1 saturated carbocycles. The Labute approximate surface area is 55.0 Å². The lowest BCUT2D eigenvalue weighted by molar-refractivity contribution is 0.145. The molecular formula is C7H11NO. The summed E-state index contributed by atoms with van der Waals surface area (Å²) in [6.07, 6.45) is 3.84. The fourth-order valence-corrected chi connectivity index (χ4v) is 1.15. The second kappa shape index (κ2) is 1.96. The molecule has 0 aromatic carbocycles. The summed E-state index contributed by atoms with van der Waals surface area (Å²) in [7, 11) is 0. The average Bonchev–Trinajstić information content (AvgIpc) is 1.81. The molecule has 0 saturated heterocycles. The van der Waals surface area contributed by atoms with Gasteiger partial charge in [-0.05, 0) is 18.3 Å². The van der Waals surface area contributed by atoms with Gasteiger partial charge in [-0.1, -0.05) is 13.8 Å². The maximum atomic E-state index is 9.80. The van der Waals surface area contributed by atoms with Gasteiger partial charge in [-0.25, -0.2) is 9.79 Å². The van der Waals surface area contributed by atoms with Crippen molar-refractivity contribution in [3.8, 4) is 0 Å². The quantitative estimate of drug-likeness (QED) is 0.386. The molecule has 0 bridgehead atoms. The van der Waals surface area contributed by atoms with E-state index in [-0.39, 0.29) is 11.5 Å². The maximum absolute atomic E-state index is 9.80. The third-order valence-electron chi connectivity index (χ3n) is 2.17. The highest BCUT2D eigenvalue weighted by molar-refractivity contribution is 5.34. The summed E-state index contributed by atoms with van der Waals surface area (Å²) in [5.74, 6) is 0. The van der Waals surface area contributed by atoms with E-state index in [1.807, 2.05) is 0 Å². The topological polar surface area (TPSA) is 29.4 Å². The van der Waals surface area contributed by atoms with Crippen LogP contribution in [-0.4, -0.2) is 12.1 Å². The van der Waals surface area contributed by atoms with E-state index >= 15 is 0 Å². The summed E-state index contributed by atoms with van der Waals surface area (Å²) in [6.45, 7) is 4.25. The van der Waals surface area contributed by atoms with Crippen molar-refractivity contribution >= 4 is 6.08 Å². The van der Waals surface area contributed by atoms with Gasteiger partial charge in [-0.2, -0.15) is 0 Å². The van der Waals surface area contributed by atoms with Crippen LogP contribution >= 0.6 is 0 Å². The predicted octanol–water partition coefficient (Wildman–Crippen LogP) is 1.51. The molecule has 1 aliphatic rings. The zero-order valence-corrected chi connectivity index (χ0v) is 5.85. The smallest absolute Gasteiger partial charge is 0.211 e. The minimum atomic E-state index is 0.245. The van der Waals surface area contributed by atoms with Crippen molar-refractivity contribution in [1.82, 2.24) is 0 Å². The van der Waals surface area contributed by atoms with Gasteiger partial charge in [0.05, 0.1) is 6.04 Å². The number of hydrogen-bond acceptors (Lipinski definition) is 2. The molecule has 0 heterocycles. The molecule has 1 fully saturated rings. The fraction of sp³-hybridized carbons (Fsp3) is 0.857. The lowest BCUT2D eigenvalue weighted by Gasteiger charge is -2.40. The first kappa shape index (κ1) is 6.50. The summed E-state index contributed by atoms with van der Waals surface area (Å²) < 4.78 is 0. The van der Waals surface area contributed by atoms with Crippen LogP contribution in [0.25, 0.3) is 0 Å². The van der Waals surface area contributed by atoms with Crippen LogP contribution < -0.4 is 0 Å². The van der Waals surface area contributed by atoms with E-state index in [0.717, 1.165) is 6.42 Å². The molecule has 0 radical (unpaired) electrons. The molecular weight excluding hydrogens is 114 g/mol. The van der Waals surface area contributed by atoms with Crippen LogP contribution in [0.2, 0.25) is 0 Å². The van der Waals surface area contributed by atoms with Crippen LogP contribution in [0.5, 0.6) is 0 Å². The molecule has 0 aliphatic heterocycles. The van der Waals surface area contributed by atoms with Crippen molar-refractivity contribution in [3.05, 3.63) is 0 Å². The highest BCUT2D eigenvalue weighted by Crippen LogP contribution is 2.41. The summed E-state index contributed by atoms with van der Waals surface area (Å²) in [5.41, 5.74) is 0.261. The first-order chi connectivity index (χ1) is 4.17. The third-order valence-corrected chi connectivity index (χ3v) is 2.17. The number of aliphatic imine (C=N–C) groups is 1. The molecule has 2 nitrogen and oxygen atoms in total. The Kier molecular flexibility index (Phi) is 1.42. The second-order valence-corrected chi connectivity index (χ2v) is 3.26. The molecule has 9 heavy (non-hydrogen) atoms. The van der Waals surface area contributed by atoms with Gasteiger partial charge in [0.1, 0.15) is 0 Å². The zero-order chi connectivity index (χ0) is 6.91. The van der Waals surface area contributed by atoms with Crippen molar-refractivity contribution in [2.45, 2.75) is 32.7 Å². The lowest BCUT2D eigenvalue weighted by atomic mass is 9.68. The Morgan fingerprint density at radius 2 is 2.33 bits per heavy atom. The van der Waals surface area contributed by atoms with Gasteiger partial charge < -0.3 is 0 Å². The van der Waals surface area contributed by atoms with Crippen LogP contribution in [0.3, 0.4) is 0 Å². The fourth-order valence-electron chi connectivity index (χ4n) is 1.15. The highest BCUT2D eigenvalue weighted by Gasteiger charge is 2.38. The molecule has 1 unspecified atom stereocenters. The number of rotatable bonds is 1. The minimum absolute atomic E-state index is 0.245. The van der Waals surface area contributed by atoms with Gasteiger partial charge in [0.25, 0.3) is 0 Å². The molecule has 0 N–H and O–H groups in total. The van der Waals surface area contributed by atoms with Crippen LogP contribution in [-0.2, 0) is 4.79 Å². The monoisotopic (exact) mass is 125 g/mol. The second-order valence-electron chi connectivity index (χ2n) is 3.26. The standard InChI is InChI=1S/C7H11NO/c1-7(2)4-3-6(7)8-5-9/h6H,3-4H2,1-2H3. The molecule has 0 aromatic heterocycles. The van der Waals surface area contributed by atoms with Crippen LogP contribution in [0.1, 0.15) is 26.7 Å². The molecule has 0 spiro atoms. The van der Waals surface area contributed by atoms with E-state index in [4.69, 9.17) is 0 Å². The van der Waals surface area contributed by atoms with Crippen molar-refractivity contribution < 1.29 is 4.79 Å². The van der Waals surface area contributed by atoms with E-state index in [2.05, 4.69) is 18.8 Å². The molecule has 1 atom stereocenters. The third kappa shape index (κ3) is 1.03. The van der Waals surface area contributed by atoms with Gasteiger partial charge in [0.15, 0.2) is 0 Å². The molecule has 0 aromatic rings. The number of carbonyl (C=O) groups excluding carboxylic acids is 1. The first-order valence-corrected chi connectivity index (χ1v) is 3.24.